The monoisotopic (exact) mass is 262 g/mol. The van der Waals surface area contributed by atoms with Gasteiger partial charge in [-0.05, 0) is 24.3 Å². The van der Waals surface area contributed by atoms with Gasteiger partial charge in [0.1, 0.15) is 0 Å². The molecule has 3 heterocycles. The number of hydrogen-bond acceptors (Lipinski definition) is 3. The molecule has 0 radical (unpaired) electrons. The number of rotatable bonds is 2. The summed E-state index contributed by atoms with van der Waals surface area (Å²) >= 11 is 5.91. The third-order valence-electron chi connectivity index (χ3n) is 2.55. The van der Waals surface area contributed by atoms with E-state index in [9.17, 15) is 4.79 Å². The first-order valence-electron chi connectivity index (χ1n) is 5.11. The molecule has 0 unspecified atom stereocenters. The lowest BCUT2D eigenvalue weighted by molar-refractivity contribution is 0.0693. The van der Waals surface area contributed by atoms with E-state index < -0.39 is 5.97 Å². The van der Waals surface area contributed by atoms with E-state index in [4.69, 9.17) is 21.1 Å². The summed E-state index contributed by atoms with van der Waals surface area (Å²) in [5.41, 5.74) is 0.441. The summed E-state index contributed by atoms with van der Waals surface area (Å²) in [5, 5.41) is 9.61. The maximum atomic E-state index is 11.1. The van der Waals surface area contributed by atoms with Gasteiger partial charge in [0.05, 0.1) is 16.8 Å². The Balaban J connectivity index is 2.38. The molecule has 0 aliphatic carbocycles. The first-order chi connectivity index (χ1) is 8.66. The van der Waals surface area contributed by atoms with Gasteiger partial charge in [0, 0.05) is 6.20 Å². The highest BCUT2D eigenvalue weighted by molar-refractivity contribution is 6.30. The summed E-state index contributed by atoms with van der Waals surface area (Å²) in [6.07, 6.45) is 3.11. The van der Waals surface area contributed by atoms with Gasteiger partial charge in [0.25, 0.3) is 0 Å². The second-order valence-electron chi connectivity index (χ2n) is 3.67. The Morgan fingerprint density at radius 2 is 2.22 bits per heavy atom. The minimum Gasteiger partial charge on any atom is -0.476 e. The van der Waals surface area contributed by atoms with Crippen LogP contribution in [0.3, 0.4) is 0 Å². The largest absolute Gasteiger partial charge is 0.476 e. The van der Waals surface area contributed by atoms with Gasteiger partial charge < -0.3 is 9.52 Å². The smallest absolute Gasteiger partial charge is 0.356 e. The Bertz CT molecular complexity index is 731. The number of halogens is 1. The molecule has 3 aromatic heterocycles. The van der Waals surface area contributed by atoms with Gasteiger partial charge in [0.15, 0.2) is 17.3 Å². The van der Waals surface area contributed by atoms with E-state index >= 15 is 0 Å². The fraction of sp³-hybridized carbons (Fsp3) is 0. The molecule has 3 rings (SSSR count). The second kappa shape index (κ2) is 3.89. The SMILES string of the molecule is O=C(O)c1nc(-c2ccco2)n2cc(Cl)ccc12. The van der Waals surface area contributed by atoms with E-state index in [1.807, 2.05) is 0 Å². The number of nitrogens with zero attached hydrogens (tertiary/aromatic N) is 2. The molecule has 0 fully saturated rings. The van der Waals surface area contributed by atoms with Gasteiger partial charge in [0.2, 0.25) is 0 Å². The molecule has 6 heteroatoms. The highest BCUT2D eigenvalue weighted by Crippen LogP contribution is 2.25. The Kier molecular flexibility index (Phi) is 2.34. The van der Waals surface area contributed by atoms with Crippen LogP contribution in [0.1, 0.15) is 10.5 Å². The Hall–Kier alpha value is -2.27. The van der Waals surface area contributed by atoms with Crippen LogP contribution in [0.15, 0.2) is 41.1 Å². The molecule has 0 saturated carbocycles. The summed E-state index contributed by atoms with van der Waals surface area (Å²) in [4.78, 5) is 15.2. The number of carbonyl (C=O) groups is 1. The molecule has 1 N–H and O–H groups in total. The van der Waals surface area contributed by atoms with Crippen molar-refractivity contribution in [2.24, 2.45) is 0 Å². The molecule has 0 atom stereocenters. The number of aromatic carboxylic acids is 1. The zero-order valence-electron chi connectivity index (χ0n) is 9.00. The van der Waals surface area contributed by atoms with E-state index in [2.05, 4.69) is 4.98 Å². The molecular weight excluding hydrogens is 256 g/mol. The normalized spacial score (nSPS) is 10.9. The van der Waals surface area contributed by atoms with E-state index in [1.54, 1.807) is 34.9 Å². The van der Waals surface area contributed by atoms with Crippen LogP contribution in [0.2, 0.25) is 5.02 Å². The Morgan fingerprint density at radius 1 is 1.39 bits per heavy atom. The molecule has 90 valence electrons. The van der Waals surface area contributed by atoms with Crippen LogP contribution < -0.4 is 0 Å². The zero-order valence-corrected chi connectivity index (χ0v) is 9.76. The number of pyridine rings is 1. The molecule has 0 aromatic carbocycles. The first kappa shape index (κ1) is 10.9. The third-order valence-corrected chi connectivity index (χ3v) is 2.77. The van der Waals surface area contributed by atoms with E-state index in [-0.39, 0.29) is 5.69 Å². The molecule has 0 saturated heterocycles. The van der Waals surface area contributed by atoms with Crippen LogP contribution in [-0.2, 0) is 0 Å². The van der Waals surface area contributed by atoms with Crippen molar-refractivity contribution < 1.29 is 14.3 Å². The lowest BCUT2D eigenvalue weighted by atomic mass is 10.3. The number of furan rings is 1. The van der Waals surface area contributed by atoms with Crippen LogP contribution in [0.4, 0.5) is 0 Å². The van der Waals surface area contributed by atoms with E-state index in [0.29, 0.717) is 22.1 Å². The highest BCUT2D eigenvalue weighted by Gasteiger charge is 2.19. The van der Waals surface area contributed by atoms with Crippen molar-refractivity contribution in [1.82, 2.24) is 9.38 Å². The first-order valence-corrected chi connectivity index (χ1v) is 5.49. The van der Waals surface area contributed by atoms with E-state index in [0.717, 1.165) is 0 Å². The summed E-state index contributed by atoms with van der Waals surface area (Å²) < 4.78 is 6.84. The minimum absolute atomic E-state index is 0.0296. The molecule has 18 heavy (non-hydrogen) atoms. The summed E-state index contributed by atoms with van der Waals surface area (Å²) in [6.45, 7) is 0. The standard InChI is InChI=1S/C12H7ClN2O3/c13-7-3-4-8-10(12(16)17)14-11(15(8)6-7)9-2-1-5-18-9/h1-6H,(H,16,17). The third kappa shape index (κ3) is 1.56. The van der Waals surface area contributed by atoms with Crippen molar-refractivity contribution in [2.75, 3.05) is 0 Å². The fourth-order valence-electron chi connectivity index (χ4n) is 1.80. The minimum atomic E-state index is -1.09. The molecule has 0 aliphatic rings. The molecule has 5 nitrogen and oxygen atoms in total. The van der Waals surface area contributed by atoms with Crippen molar-refractivity contribution in [2.45, 2.75) is 0 Å². The van der Waals surface area contributed by atoms with Crippen LogP contribution in [0, 0.1) is 0 Å². The maximum Gasteiger partial charge on any atom is 0.356 e. The number of hydrogen-bond donors (Lipinski definition) is 1. The zero-order chi connectivity index (χ0) is 12.7. The molecule has 0 aliphatic heterocycles. The van der Waals surface area contributed by atoms with Gasteiger partial charge in [-0.2, -0.15) is 0 Å². The molecule has 3 aromatic rings. The second-order valence-corrected chi connectivity index (χ2v) is 4.11. The van der Waals surface area contributed by atoms with Crippen LogP contribution >= 0.6 is 11.6 Å². The van der Waals surface area contributed by atoms with Gasteiger partial charge in [-0.15, -0.1) is 0 Å². The number of imidazole rings is 1. The maximum absolute atomic E-state index is 11.1. The topological polar surface area (TPSA) is 67.7 Å². The van der Waals surface area contributed by atoms with Crippen molar-refractivity contribution in [1.29, 1.82) is 0 Å². The highest BCUT2D eigenvalue weighted by atomic mass is 35.5. The molecule has 0 spiro atoms. The predicted molar refractivity (Wildman–Crippen MR) is 64.9 cm³/mol. The quantitative estimate of drug-likeness (QED) is 0.771. The van der Waals surface area contributed by atoms with Crippen LogP contribution in [0.25, 0.3) is 17.1 Å². The average molecular weight is 263 g/mol. The predicted octanol–water partition coefficient (Wildman–Crippen LogP) is 2.95. The summed E-state index contributed by atoms with van der Waals surface area (Å²) in [6, 6.07) is 6.66. The lowest BCUT2D eigenvalue weighted by Gasteiger charge is -1.98. The van der Waals surface area contributed by atoms with Gasteiger partial charge in [-0.25, -0.2) is 9.78 Å². The lowest BCUT2D eigenvalue weighted by Crippen LogP contribution is -1.97. The van der Waals surface area contributed by atoms with Crippen molar-refractivity contribution >= 4 is 23.1 Å². The summed E-state index contributed by atoms with van der Waals surface area (Å²) in [5.74, 6) is -0.192. The Labute approximate surface area is 106 Å². The molecule has 0 bridgehead atoms. The van der Waals surface area contributed by atoms with Gasteiger partial charge >= 0.3 is 5.97 Å². The van der Waals surface area contributed by atoms with Crippen LogP contribution in [-0.4, -0.2) is 20.5 Å². The molecular formula is C12H7ClN2O3. The number of carboxylic acid groups (broad SMARTS) is 1. The fourth-order valence-corrected chi connectivity index (χ4v) is 1.96. The van der Waals surface area contributed by atoms with Crippen molar-refractivity contribution in [3.8, 4) is 11.6 Å². The van der Waals surface area contributed by atoms with Crippen LogP contribution in [0.5, 0.6) is 0 Å². The van der Waals surface area contributed by atoms with Crippen molar-refractivity contribution in [3.63, 3.8) is 0 Å². The number of aromatic nitrogens is 2. The number of carboxylic acids is 1. The van der Waals surface area contributed by atoms with Gasteiger partial charge in [-0.1, -0.05) is 11.6 Å². The van der Waals surface area contributed by atoms with Gasteiger partial charge in [-0.3, -0.25) is 4.40 Å². The molecule has 0 amide bonds. The summed E-state index contributed by atoms with van der Waals surface area (Å²) in [7, 11) is 0. The number of fused-ring (bicyclic) bond motifs is 1. The average Bonchev–Trinajstić information content (AvgIpc) is 2.93. The van der Waals surface area contributed by atoms with Crippen molar-refractivity contribution in [3.05, 3.63) is 47.4 Å². The van der Waals surface area contributed by atoms with E-state index in [1.165, 1.54) is 6.26 Å². The Morgan fingerprint density at radius 3 is 2.89 bits per heavy atom.